The molecular formula is C13H15N7. The Kier molecular flexibility index (Phi) is 3.29. The summed E-state index contributed by atoms with van der Waals surface area (Å²) < 4.78 is 0. The Bertz CT molecular complexity index is 625. The van der Waals surface area contributed by atoms with Gasteiger partial charge in [0.25, 0.3) is 0 Å². The first kappa shape index (κ1) is 12.5. The van der Waals surface area contributed by atoms with Crippen molar-refractivity contribution in [3.05, 3.63) is 29.7 Å². The van der Waals surface area contributed by atoms with E-state index in [9.17, 15) is 0 Å². The number of aromatic nitrogens is 5. The Morgan fingerprint density at radius 1 is 1.35 bits per heavy atom. The molecule has 102 valence electrons. The van der Waals surface area contributed by atoms with Crippen molar-refractivity contribution in [3.8, 4) is 6.07 Å². The predicted molar refractivity (Wildman–Crippen MR) is 71.8 cm³/mol. The van der Waals surface area contributed by atoms with Crippen molar-refractivity contribution >= 4 is 5.82 Å². The Hall–Kier alpha value is -2.49. The van der Waals surface area contributed by atoms with Crippen LogP contribution in [0.2, 0.25) is 0 Å². The Balaban J connectivity index is 1.90. The minimum absolute atomic E-state index is 0.121. The van der Waals surface area contributed by atoms with Gasteiger partial charge in [0.15, 0.2) is 11.5 Å². The molecule has 1 atom stereocenters. The maximum absolute atomic E-state index is 8.78. The molecule has 2 aromatic heterocycles. The highest BCUT2D eigenvalue weighted by Gasteiger charge is 2.28. The number of hydrogen-bond acceptors (Lipinski definition) is 6. The van der Waals surface area contributed by atoms with E-state index in [1.165, 1.54) is 6.20 Å². The lowest BCUT2D eigenvalue weighted by Gasteiger charge is -2.34. The van der Waals surface area contributed by atoms with Gasteiger partial charge in [0.2, 0.25) is 0 Å². The van der Waals surface area contributed by atoms with Gasteiger partial charge in [-0.3, -0.25) is 5.10 Å². The molecule has 7 nitrogen and oxygen atoms in total. The molecule has 20 heavy (non-hydrogen) atoms. The molecule has 0 bridgehead atoms. The minimum atomic E-state index is 0.121. The molecule has 0 unspecified atom stereocenters. The first-order valence-corrected chi connectivity index (χ1v) is 6.65. The van der Waals surface area contributed by atoms with Crippen LogP contribution < -0.4 is 4.90 Å². The predicted octanol–water partition coefficient (Wildman–Crippen LogP) is 1.51. The van der Waals surface area contributed by atoms with Crippen molar-refractivity contribution in [2.75, 3.05) is 11.4 Å². The second-order valence-corrected chi connectivity index (χ2v) is 4.86. The first-order chi connectivity index (χ1) is 9.78. The number of H-pyrrole nitrogens is 1. The van der Waals surface area contributed by atoms with Gasteiger partial charge in [-0.25, -0.2) is 15.0 Å². The lowest BCUT2D eigenvalue weighted by molar-refractivity contribution is 0.453. The smallest absolute Gasteiger partial charge is 0.173 e. The summed E-state index contributed by atoms with van der Waals surface area (Å²) in [6.45, 7) is 2.80. The van der Waals surface area contributed by atoms with Crippen LogP contribution in [0.4, 0.5) is 5.82 Å². The molecule has 1 aliphatic heterocycles. The van der Waals surface area contributed by atoms with E-state index in [0.717, 1.165) is 43.3 Å². The normalized spacial score (nSPS) is 18.8. The fourth-order valence-electron chi connectivity index (χ4n) is 2.51. The molecule has 0 amide bonds. The van der Waals surface area contributed by atoms with E-state index in [0.29, 0.717) is 5.69 Å². The van der Waals surface area contributed by atoms with Gasteiger partial charge in [-0.1, -0.05) is 0 Å². The summed E-state index contributed by atoms with van der Waals surface area (Å²) in [4.78, 5) is 15.0. The van der Waals surface area contributed by atoms with Crippen molar-refractivity contribution < 1.29 is 0 Å². The Labute approximate surface area is 116 Å². The van der Waals surface area contributed by atoms with Gasteiger partial charge in [0.1, 0.15) is 17.7 Å². The van der Waals surface area contributed by atoms with Gasteiger partial charge in [0.05, 0.1) is 18.4 Å². The largest absolute Gasteiger partial charge is 0.345 e. The number of anilines is 1. The summed E-state index contributed by atoms with van der Waals surface area (Å²) >= 11 is 0. The Morgan fingerprint density at radius 2 is 2.25 bits per heavy atom. The molecule has 7 heteroatoms. The number of rotatable bonds is 2. The molecule has 1 fully saturated rings. The molecule has 0 aliphatic carbocycles. The molecule has 1 N–H and O–H groups in total. The second-order valence-electron chi connectivity index (χ2n) is 4.86. The summed E-state index contributed by atoms with van der Waals surface area (Å²) in [5.41, 5.74) is 0.330. The van der Waals surface area contributed by atoms with Crippen molar-refractivity contribution in [1.29, 1.82) is 5.26 Å². The van der Waals surface area contributed by atoms with Gasteiger partial charge in [-0.05, 0) is 26.2 Å². The third-order valence-corrected chi connectivity index (χ3v) is 3.46. The van der Waals surface area contributed by atoms with Gasteiger partial charge >= 0.3 is 0 Å². The highest BCUT2D eigenvalue weighted by atomic mass is 15.3. The van der Waals surface area contributed by atoms with Crippen molar-refractivity contribution in [3.63, 3.8) is 0 Å². The molecule has 0 saturated carbocycles. The minimum Gasteiger partial charge on any atom is -0.345 e. The molecule has 3 rings (SSSR count). The van der Waals surface area contributed by atoms with Gasteiger partial charge in [0, 0.05) is 6.54 Å². The Morgan fingerprint density at radius 3 is 2.90 bits per heavy atom. The zero-order chi connectivity index (χ0) is 13.9. The van der Waals surface area contributed by atoms with Crippen LogP contribution in [0.25, 0.3) is 0 Å². The fourth-order valence-corrected chi connectivity index (χ4v) is 2.51. The van der Waals surface area contributed by atoms with Crippen molar-refractivity contribution in [1.82, 2.24) is 25.1 Å². The van der Waals surface area contributed by atoms with E-state index in [2.05, 4.69) is 30.0 Å². The lowest BCUT2D eigenvalue weighted by Crippen LogP contribution is -2.34. The van der Waals surface area contributed by atoms with Crippen LogP contribution in [0.15, 0.2) is 12.4 Å². The summed E-state index contributed by atoms with van der Waals surface area (Å²) in [5, 5.41) is 15.9. The SMILES string of the molecule is Cc1nc([C@@H]2CCCCN2c2cnc(C#N)cn2)n[nH]1. The molecule has 0 radical (unpaired) electrons. The summed E-state index contributed by atoms with van der Waals surface area (Å²) in [5.74, 6) is 2.39. The average Bonchev–Trinajstić information content (AvgIpc) is 2.94. The number of piperidine rings is 1. The maximum Gasteiger partial charge on any atom is 0.173 e. The summed E-state index contributed by atoms with van der Waals surface area (Å²) in [6, 6.07) is 2.10. The van der Waals surface area contributed by atoms with Crippen LogP contribution in [0.3, 0.4) is 0 Å². The van der Waals surface area contributed by atoms with Gasteiger partial charge in [-0.15, -0.1) is 0 Å². The van der Waals surface area contributed by atoms with E-state index in [1.807, 2.05) is 13.0 Å². The first-order valence-electron chi connectivity index (χ1n) is 6.65. The number of hydrogen-bond donors (Lipinski definition) is 1. The van der Waals surface area contributed by atoms with Crippen LogP contribution in [0, 0.1) is 18.3 Å². The monoisotopic (exact) mass is 269 g/mol. The number of nitriles is 1. The third kappa shape index (κ3) is 2.32. The second kappa shape index (κ2) is 5.25. The number of nitrogens with one attached hydrogen (secondary N) is 1. The molecule has 0 aromatic carbocycles. The average molecular weight is 269 g/mol. The fraction of sp³-hybridized carbons (Fsp3) is 0.462. The topological polar surface area (TPSA) is 94.4 Å². The lowest BCUT2D eigenvalue weighted by atomic mass is 10.0. The van der Waals surface area contributed by atoms with Crippen LogP contribution in [0.5, 0.6) is 0 Å². The molecule has 3 heterocycles. The van der Waals surface area contributed by atoms with Crippen molar-refractivity contribution in [2.24, 2.45) is 0 Å². The molecule has 0 spiro atoms. The van der Waals surface area contributed by atoms with Crippen LogP contribution in [-0.4, -0.2) is 31.7 Å². The van der Waals surface area contributed by atoms with E-state index in [1.54, 1.807) is 6.20 Å². The van der Waals surface area contributed by atoms with Gasteiger partial charge in [-0.2, -0.15) is 10.4 Å². The zero-order valence-electron chi connectivity index (χ0n) is 11.2. The van der Waals surface area contributed by atoms with E-state index in [-0.39, 0.29) is 6.04 Å². The number of nitrogens with zero attached hydrogens (tertiary/aromatic N) is 6. The molecule has 1 aliphatic rings. The quantitative estimate of drug-likeness (QED) is 0.888. The third-order valence-electron chi connectivity index (χ3n) is 3.46. The van der Waals surface area contributed by atoms with Crippen LogP contribution in [0.1, 0.15) is 42.6 Å². The summed E-state index contributed by atoms with van der Waals surface area (Å²) in [6.07, 6.45) is 6.42. The van der Waals surface area contributed by atoms with Crippen LogP contribution >= 0.6 is 0 Å². The van der Waals surface area contributed by atoms with Gasteiger partial charge < -0.3 is 4.90 Å². The highest BCUT2D eigenvalue weighted by molar-refractivity contribution is 5.40. The van der Waals surface area contributed by atoms with E-state index in [4.69, 9.17) is 5.26 Å². The van der Waals surface area contributed by atoms with Crippen molar-refractivity contribution in [2.45, 2.75) is 32.2 Å². The molecule has 2 aromatic rings. The van der Waals surface area contributed by atoms with E-state index < -0.39 is 0 Å². The summed E-state index contributed by atoms with van der Waals surface area (Å²) in [7, 11) is 0. The molecule has 1 saturated heterocycles. The van der Waals surface area contributed by atoms with Crippen LogP contribution in [-0.2, 0) is 0 Å². The standard InChI is InChI=1S/C13H15N7/c1-9-17-13(19-18-9)11-4-2-3-5-20(11)12-8-15-10(6-14)7-16-12/h7-8,11H,2-5H2,1H3,(H,17,18,19)/t11-/m0/s1. The number of aromatic amines is 1. The highest BCUT2D eigenvalue weighted by Crippen LogP contribution is 2.31. The zero-order valence-corrected chi connectivity index (χ0v) is 11.2. The molecular weight excluding hydrogens is 254 g/mol. The number of aryl methyl sites for hydroxylation is 1. The maximum atomic E-state index is 8.78. The van der Waals surface area contributed by atoms with E-state index >= 15 is 0 Å².